The first-order valence-corrected chi connectivity index (χ1v) is 5.02. The standard InChI is InChI=1S/C8H8O3S2.Na/c1-5(9)6-2-3-7(12)8(4-6)13(10)11;/h2-4,12H,1H3,(H,10,11);/q;+1. The predicted molar refractivity (Wildman–Crippen MR) is 52.7 cm³/mol. The third-order valence-corrected chi connectivity index (χ3v) is 2.81. The average molecular weight is 239 g/mol. The fraction of sp³-hybridized carbons (Fsp3) is 0.125. The molecule has 0 spiro atoms. The number of hydrogen-bond donors (Lipinski definition) is 2. The number of Topliss-reactive ketones (excluding diaryl/α,β-unsaturated/α-hetero) is 1. The molecule has 1 aromatic carbocycles. The maximum absolute atomic E-state index is 10.9. The number of thiol groups is 1. The Bertz CT molecular complexity index is 379. The second-order valence-electron chi connectivity index (χ2n) is 2.49. The van der Waals surface area contributed by atoms with Crippen molar-refractivity contribution in [2.24, 2.45) is 0 Å². The van der Waals surface area contributed by atoms with Crippen LogP contribution in [0.2, 0.25) is 0 Å². The van der Waals surface area contributed by atoms with Crippen molar-refractivity contribution in [1.29, 1.82) is 0 Å². The molecule has 0 saturated carbocycles. The maximum Gasteiger partial charge on any atom is 1.00 e. The summed E-state index contributed by atoms with van der Waals surface area (Å²) in [5.41, 5.74) is 0.412. The van der Waals surface area contributed by atoms with Gasteiger partial charge < -0.3 is 4.55 Å². The van der Waals surface area contributed by atoms with E-state index in [2.05, 4.69) is 12.6 Å². The van der Waals surface area contributed by atoms with E-state index in [9.17, 15) is 9.00 Å². The fourth-order valence-corrected chi connectivity index (χ4v) is 1.72. The number of rotatable bonds is 2. The normalized spacial score (nSPS) is 11.6. The Morgan fingerprint density at radius 3 is 2.50 bits per heavy atom. The largest absolute Gasteiger partial charge is 1.00 e. The van der Waals surface area contributed by atoms with Crippen LogP contribution in [0.3, 0.4) is 0 Å². The van der Waals surface area contributed by atoms with Gasteiger partial charge in [0.1, 0.15) is 0 Å². The first-order valence-electron chi connectivity index (χ1n) is 3.47. The van der Waals surface area contributed by atoms with Crippen molar-refractivity contribution in [1.82, 2.24) is 0 Å². The van der Waals surface area contributed by atoms with Crippen LogP contribution in [0, 0.1) is 0 Å². The average Bonchev–Trinajstić information content (AvgIpc) is 2.04. The Balaban J connectivity index is 0.00000169. The fourth-order valence-electron chi connectivity index (χ4n) is 0.873. The molecule has 70 valence electrons. The zero-order valence-corrected chi connectivity index (χ0v) is 11.6. The Morgan fingerprint density at radius 2 is 2.07 bits per heavy atom. The van der Waals surface area contributed by atoms with Gasteiger partial charge in [-0.1, -0.05) is 6.07 Å². The van der Waals surface area contributed by atoms with Gasteiger partial charge in [-0.15, -0.1) is 12.6 Å². The number of carbonyl (C=O) groups excluding carboxylic acids is 1. The molecule has 0 fully saturated rings. The molecule has 0 bridgehead atoms. The molecule has 0 aromatic heterocycles. The Hall–Kier alpha value is 0.350. The Morgan fingerprint density at radius 1 is 1.50 bits per heavy atom. The third-order valence-electron chi connectivity index (χ3n) is 1.55. The summed E-state index contributed by atoms with van der Waals surface area (Å²) in [5.74, 6) is -0.139. The van der Waals surface area contributed by atoms with Crippen molar-refractivity contribution in [2.75, 3.05) is 0 Å². The molecule has 0 aliphatic carbocycles. The van der Waals surface area contributed by atoms with Gasteiger partial charge in [-0.3, -0.25) is 4.79 Å². The van der Waals surface area contributed by atoms with E-state index in [1.165, 1.54) is 19.1 Å². The van der Waals surface area contributed by atoms with E-state index in [1.807, 2.05) is 0 Å². The molecule has 0 amide bonds. The van der Waals surface area contributed by atoms with E-state index in [0.717, 1.165) is 0 Å². The minimum Gasteiger partial charge on any atom is -0.302 e. The monoisotopic (exact) mass is 239 g/mol. The first-order chi connectivity index (χ1) is 6.02. The SMILES string of the molecule is CC(=O)c1ccc(S)c(S(=O)O)c1.[Na+]. The zero-order chi connectivity index (χ0) is 10.0. The van der Waals surface area contributed by atoms with Crippen LogP contribution >= 0.6 is 12.6 Å². The molecule has 1 aromatic rings. The van der Waals surface area contributed by atoms with Gasteiger partial charge >= 0.3 is 29.6 Å². The molecule has 1 N–H and O–H groups in total. The summed E-state index contributed by atoms with van der Waals surface area (Å²) < 4.78 is 19.6. The topological polar surface area (TPSA) is 54.4 Å². The van der Waals surface area contributed by atoms with Crippen molar-refractivity contribution in [3.8, 4) is 0 Å². The van der Waals surface area contributed by atoms with Gasteiger partial charge in [0.15, 0.2) is 16.9 Å². The maximum atomic E-state index is 10.9. The molecule has 6 heteroatoms. The van der Waals surface area contributed by atoms with Crippen LogP contribution in [0.25, 0.3) is 0 Å². The summed E-state index contributed by atoms with van der Waals surface area (Å²) in [7, 11) is 0. The number of hydrogen-bond acceptors (Lipinski definition) is 3. The van der Waals surface area contributed by atoms with E-state index in [4.69, 9.17) is 4.55 Å². The van der Waals surface area contributed by atoms with Crippen LogP contribution in [-0.2, 0) is 11.1 Å². The van der Waals surface area contributed by atoms with Crippen LogP contribution in [0.4, 0.5) is 0 Å². The Labute approximate surface area is 112 Å². The minimum atomic E-state index is -2.10. The van der Waals surface area contributed by atoms with Crippen molar-refractivity contribution >= 4 is 29.5 Å². The quantitative estimate of drug-likeness (QED) is 0.294. The number of ketones is 1. The van der Waals surface area contributed by atoms with Crippen molar-refractivity contribution in [3.63, 3.8) is 0 Å². The molecule has 0 saturated heterocycles. The first kappa shape index (κ1) is 14.3. The van der Waals surface area contributed by atoms with Gasteiger partial charge in [0.25, 0.3) is 0 Å². The Kier molecular flexibility index (Phi) is 6.20. The van der Waals surface area contributed by atoms with E-state index in [0.29, 0.717) is 10.5 Å². The molecule has 1 atom stereocenters. The molecule has 0 aliphatic heterocycles. The van der Waals surface area contributed by atoms with Crippen LogP contribution in [0.1, 0.15) is 17.3 Å². The molecule has 0 heterocycles. The molecular weight excluding hydrogens is 231 g/mol. The van der Waals surface area contributed by atoms with Gasteiger partial charge in [0, 0.05) is 10.5 Å². The summed E-state index contributed by atoms with van der Waals surface area (Å²) in [6.07, 6.45) is 0. The van der Waals surface area contributed by atoms with Crippen LogP contribution in [-0.4, -0.2) is 14.5 Å². The van der Waals surface area contributed by atoms with Crippen LogP contribution in [0.5, 0.6) is 0 Å². The van der Waals surface area contributed by atoms with E-state index in [1.54, 1.807) is 6.07 Å². The molecular formula is C8H8NaO3S2+. The summed E-state index contributed by atoms with van der Waals surface area (Å²) in [5, 5.41) is 0. The summed E-state index contributed by atoms with van der Waals surface area (Å²) in [6, 6.07) is 4.48. The molecule has 3 nitrogen and oxygen atoms in total. The number of benzene rings is 1. The van der Waals surface area contributed by atoms with E-state index >= 15 is 0 Å². The number of carbonyl (C=O) groups is 1. The predicted octanol–water partition coefficient (Wildman–Crippen LogP) is -1.24. The van der Waals surface area contributed by atoms with Crippen molar-refractivity contribution in [2.45, 2.75) is 16.7 Å². The second-order valence-corrected chi connectivity index (χ2v) is 3.91. The van der Waals surface area contributed by atoms with Gasteiger partial charge in [-0.05, 0) is 19.1 Å². The molecule has 0 radical (unpaired) electrons. The van der Waals surface area contributed by atoms with Gasteiger partial charge in [0.05, 0.1) is 4.90 Å². The molecule has 1 unspecified atom stereocenters. The van der Waals surface area contributed by atoms with Crippen LogP contribution in [0.15, 0.2) is 28.0 Å². The van der Waals surface area contributed by atoms with Gasteiger partial charge in [-0.25, -0.2) is 4.21 Å². The second kappa shape index (κ2) is 6.05. The molecule has 0 aliphatic rings. The summed E-state index contributed by atoms with van der Waals surface area (Å²) in [6.45, 7) is 1.40. The van der Waals surface area contributed by atoms with E-state index in [-0.39, 0.29) is 40.2 Å². The zero-order valence-electron chi connectivity index (χ0n) is 7.85. The summed E-state index contributed by atoms with van der Waals surface area (Å²) >= 11 is 1.89. The van der Waals surface area contributed by atoms with Gasteiger partial charge in [-0.2, -0.15) is 0 Å². The molecule has 1 rings (SSSR count). The van der Waals surface area contributed by atoms with Crippen molar-refractivity contribution < 1.29 is 43.1 Å². The smallest absolute Gasteiger partial charge is 0.302 e. The van der Waals surface area contributed by atoms with Gasteiger partial charge in [0.2, 0.25) is 0 Å². The third kappa shape index (κ3) is 3.49. The molecule has 14 heavy (non-hydrogen) atoms. The van der Waals surface area contributed by atoms with E-state index < -0.39 is 11.1 Å². The van der Waals surface area contributed by atoms with Crippen molar-refractivity contribution in [3.05, 3.63) is 23.8 Å². The summed E-state index contributed by atoms with van der Waals surface area (Å²) in [4.78, 5) is 11.5. The van der Waals surface area contributed by atoms with Crippen LogP contribution < -0.4 is 29.6 Å². The minimum absolute atomic E-state index is 0.